The van der Waals surface area contributed by atoms with Crippen LogP contribution in [-0.4, -0.2) is 61.8 Å². The molecule has 0 amide bonds. The normalized spacial score (nSPS) is 15.6. The highest BCUT2D eigenvalue weighted by atomic mass is 32.2. The third kappa shape index (κ3) is 4.09. The topological polar surface area (TPSA) is 92.7 Å². The summed E-state index contributed by atoms with van der Waals surface area (Å²) in [6.07, 6.45) is 0. The molecule has 0 saturated carbocycles. The number of sulfonamides is 1. The van der Waals surface area contributed by atoms with Crippen LogP contribution in [0.1, 0.15) is 23.1 Å². The molecule has 144 valence electrons. The highest BCUT2D eigenvalue weighted by Gasteiger charge is 2.29. The number of carbonyl (C=O) groups excluding carboxylic acids is 1. The maximum Gasteiger partial charge on any atom is 0.243 e. The number of aromatic nitrogens is 2. The van der Waals surface area contributed by atoms with Crippen molar-refractivity contribution in [2.24, 2.45) is 0 Å². The molecule has 1 aromatic heterocycles. The number of carbonyl (C=O) groups is 1. The number of nitrogens with zero attached hydrogens (tertiary/aromatic N) is 4. The molecule has 0 unspecified atom stereocenters. The van der Waals surface area contributed by atoms with Gasteiger partial charge in [0.2, 0.25) is 15.9 Å². The van der Waals surface area contributed by atoms with Gasteiger partial charge in [0, 0.05) is 37.8 Å². The van der Waals surface area contributed by atoms with Crippen LogP contribution in [0, 0.1) is 6.92 Å². The van der Waals surface area contributed by atoms with Crippen molar-refractivity contribution in [3.63, 3.8) is 0 Å². The number of anilines is 1. The second kappa shape index (κ2) is 7.61. The molecule has 0 atom stereocenters. The minimum atomic E-state index is -3.65. The lowest BCUT2D eigenvalue weighted by molar-refractivity contribution is 0.101. The van der Waals surface area contributed by atoms with Gasteiger partial charge in [0.15, 0.2) is 5.78 Å². The Bertz CT molecular complexity index is 954. The van der Waals surface area contributed by atoms with E-state index >= 15 is 0 Å². The molecule has 8 nitrogen and oxygen atoms in total. The number of hydrogen-bond acceptors (Lipinski definition) is 7. The molecule has 0 aliphatic carbocycles. The van der Waals surface area contributed by atoms with Crippen LogP contribution in [0.5, 0.6) is 5.88 Å². The average molecular weight is 390 g/mol. The summed E-state index contributed by atoms with van der Waals surface area (Å²) in [5.41, 5.74) is 0.387. The van der Waals surface area contributed by atoms with Crippen molar-refractivity contribution >= 4 is 21.6 Å². The first-order chi connectivity index (χ1) is 12.8. The third-order valence-electron chi connectivity index (χ3n) is 4.45. The Balaban J connectivity index is 1.76. The second-order valence-electron chi connectivity index (χ2n) is 6.29. The highest BCUT2D eigenvalue weighted by Crippen LogP contribution is 2.22. The van der Waals surface area contributed by atoms with Crippen molar-refractivity contribution < 1.29 is 17.9 Å². The zero-order chi connectivity index (χ0) is 19.6. The standard InChI is InChI=1S/C18H22N4O4S/c1-13(23)15-5-4-6-16(11-15)27(24,25)22-9-7-21(8-10-22)17-12-18(26-3)20-14(2)19-17/h4-6,11-12H,7-10H2,1-3H3. The fourth-order valence-electron chi connectivity index (χ4n) is 2.97. The predicted molar refractivity (Wildman–Crippen MR) is 101 cm³/mol. The summed E-state index contributed by atoms with van der Waals surface area (Å²) in [6.45, 7) is 4.88. The number of ether oxygens (including phenoxy) is 1. The number of aryl methyl sites for hydroxylation is 1. The molecule has 1 aliphatic rings. The zero-order valence-corrected chi connectivity index (χ0v) is 16.4. The molecule has 3 rings (SSSR count). The minimum absolute atomic E-state index is 0.142. The number of piperazine rings is 1. The molecule has 1 aliphatic heterocycles. The summed E-state index contributed by atoms with van der Waals surface area (Å²) < 4.78 is 32.4. The Labute approximate surface area is 158 Å². The van der Waals surface area contributed by atoms with Gasteiger partial charge in [-0.3, -0.25) is 4.79 Å². The van der Waals surface area contributed by atoms with Gasteiger partial charge in [-0.15, -0.1) is 0 Å². The second-order valence-corrected chi connectivity index (χ2v) is 8.23. The van der Waals surface area contributed by atoms with E-state index in [2.05, 4.69) is 9.97 Å². The third-order valence-corrected chi connectivity index (χ3v) is 6.35. The summed E-state index contributed by atoms with van der Waals surface area (Å²) in [5.74, 6) is 1.63. The summed E-state index contributed by atoms with van der Waals surface area (Å²) >= 11 is 0. The summed E-state index contributed by atoms with van der Waals surface area (Å²) in [6, 6.07) is 7.91. The van der Waals surface area contributed by atoms with E-state index < -0.39 is 10.0 Å². The number of benzene rings is 1. The van der Waals surface area contributed by atoms with Gasteiger partial charge in [0.1, 0.15) is 11.6 Å². The van der Waals surface area contributed by atoms with Gasteiger partial charge in [-0.1, -0.05) is 12.1 Å². The fourth-order valence-corrected chi connectivity index (χ4v) is 4.44. The van der Waals surface area contributed by atoms with Gasteiger partial charge < -0.3 is 9.64 Å². The monoisotopic (exact) mass is 390 g/mol. The molecule has 27 heavy (non-hydrogen) atoms. The van der Waals surface area contributed by atoms with E-state index in [0.717, 1.165) is 5.82 Å². The lowest BCUT2D eigenvalue weighted by atomic mass is 10.2. The number of ketones is 1. The molecule has 2 heterocycles. The lowest BCUT2D eigenvalue weighted by Crippen LogP contribution is -2.49. The Hall–Kier alpha value is -2.52. The smallest absolute Gasteiger partial charge is 0.243 e. The summed E-state index contributed by atoms with van der Waals surface area (Å²) in [4.78, 5) is 22.3. The van der Waals surface area contributed by atoms with Crippen LogP contribution in [0.4, 0.5) is 5.82 Å². The molecule has 1 aromatic carbocycles. The van der Waals surface area contributed by atoms with Gasteiger partial charge in [0.05, 0.1) is 12.0 Å². The van der Waals surface area contributed by atoms with Gasteiger partial charge in [-0.05, 0) is 26.0 Å². The van der Waals surface area contributed by atoms with Crippen molar-refractivity contribution in [1.29, 1.82) is 0 Å². The first-order valence-corrected chi connectivity index (χ1v) is 10.0. The highest BCUT2D eigenvalue weighted by molar-refractivity contribution is 7.89. The van der Waals surface area contributed by atoms with Crippen LogP contribution >= 0.6 is 0 Å². The first-order valence-electron chi connectivity index (χ1n) is 8.57. The van der Waals surface area contributed by atoms with E-state index in [4.69, 9.17) is 4.74 Å². The van der Waals surface area contributed by atoms with Crippen LogP contribution < -0.4 is 9.64 Å². The van der Waals surface area contributed by atoms with Crippen LogP contribution in [0.25, 0.3) is 0 Å². The van der Waals surface area contributed by atoms with E-state index in [1.54, 1.807) is 32.2 Å². The molecule has 2 aromatic rings. The Morgan fingerprint density at radius 3 is 2.44 bits per heavy atom. The van der Waals surface area contributed by atoms with Crippen molar-refractivity contribution in [3.05, 3.63) is 41.7 Å². The molecule has 0 bridgehead atoms. The molecule has 1 saturated heterocycles. The Morgan fingerprint density at radius 2 is 1.81 bits per heavy atom. The number of hydrogen-bond donors (Lipinski definition) is 0. The molecule has 0 spiro atoms. The van der Waals surface area contributed by atoms with Crippen LogP contribution in [0.15, 0.2) is 35.2 Å². The van der Waals surface area contributed by atoms with Crippen LogP contribution in [-0.2, 0) is 10.0 Å². The van der Waals surface area contributed by atoms with E-state index in [1.165, 1.54) is 23.4 Å². The molecule has 9 heteroatoms. The maximum absolute atomic E-state index is 12.9. The molecule has 0 N–H and O–H groups in total. The van der Waals surface area contributed by atoms with E-state index in [0.29, 0.717) is 43.4 Å². The van der Waals surface area contributed by atoms with Gasteiger partial charge in [0.25, 0.3) is 0 Å². The Morgan fingerprint density at radius 1 is 1.11 bits per heavy atom. The lowest BCUT2D eigenvalue weighted by Gasteiger charge is -2.34. The first kappa shape index (κ1) is 19.2. The van der Waals surface area contributed by atoms with Crippen LogP contribution in [0.2, 0.25) is 0 Å². The van der Waals surface area contributed by atoms with E-state index in [1.807, 2.05) is 4.90 Å². The van der Waals surface area contributed by atoms with Crippen molar-refractivity contribution in [3.8, 4) is 5.88 Å². The zero-order valence-electron chi connectivity index (χ0n) is 15.5. The molecular weight excluding hydrogens is 368 g/mol. The van der Waals surface area contributed by atoms with Crippen molar-refractivity contribution in [1.82, 2.24) is 14.3 Å². The van der Waals surface area contributed by atoms with E-state index in [9.17, 15) is 13.2 Å². The quantitative estimate of drug-likeness (QED) is 0.715. The largest absolute Gasteiger partial charge is 0.481 e. The number of methoxy groups -OCH3 is 1. The van der Waals surface area contributed by atoms with Crippen molar-refractivity contribution in [2.75, 3.05) is 38.2 Å². The fraction of sp³-hybridized carbons (Fsp3) is 0.389. The molecular formula is C18H22N4O4S. The average Bonchev–Trinajstić information content (AvgIpc) is 2.67. The summed E-state index contributed by atoms with van der Waals surface area (Å²) in [7, 11) is -2.10. The van der Waals surface area contributed by atoms with Gasteiger partial charge in [-0.25, -0.2) is 13.4 Å². The molecule has 1 fully saturated rings. The minimum Gasteiger partial charge on any atom is -0.481 e. The maximum atomic E-state index is 12.9. The van der Waals surface area contributed by atoms with E-state index in [-0.39, 0.29) is 10.7 Å². The number of rotatable bonds is 5. The number of Topliss-reactive ketones (excluding diaryl/α,β-unsaturated/α-hetero) is 1. The van der Waals surface area contributed by atoms with Gasteiger partial charge in [-0.2, -0.15) is 9.29 Å². The SMILES string of the molecule is COc1cc(N2CCN(S(=O)(=O)c3cccc(C(C)=O)c3)CC2)nc(C)n1. The predicted octanol–water partition coefficient (Wildman–Crippen LogP) is 1.51. The van der Waals surface area contributed by atoms with Gasteiger partial charge >= 0.3 is 0 Å². The Kier molecular flexibility index (Phi) is 5.43. The van der Waals surface area contributed by atoms with Crippen LogP contribution in [0.3, 0.4) is 0 Å². The summed E-state index contributed by atoms with van der Waals surface area (Å²) in [5, 5.41) is 0. The van der Waals surface area contributed by atoms with Crippen molar-refractivity contribution in [2.45, 2.75) is 18.7 Å². The molecule has 0 radical (unpaired) electrons.